The van der Waals surface area contributed by atoms with Crippen LogP contribution in [0.1, 0.15) is 10.5 Å². The fraction of sp³-hybridized carbons (Fsp3) is 0.176. The summed E-state index contributed by atoms with van der Waals surface area (Å²) in [5.41, 5.74) is 6.54. The van der Waals surface area contributed by atoms with Crippen LogP contribution in [0.3, 0.4) is 0 Å². The van der Waals surface area contributed by atoms with Crippen molar-refractivity contribution in [3.8, 4) is 0 Å². The van der Waals surface area contributed by atoms with Gasteiger partial charge in [0.15, 0.2) is 11.5 Å². The number of carbonyl (C=O) groups is 2. The van der Waals surface area contributed by atoms with Gasteiger partial charge in [-0.3, -0.25) is 9.59 Å². The van der Waals surface area contributed by atoms with Crippen LogP contribution in [-0.4, -0.2) is 41.9 Å². The quantitative estimate of drug-likeness (QED) is 0.605. The normalized spacial score (nSPS) is 9.96. The highest BCUT2D eigenvalue weighted by atomic mass is 16.2. The Kier molecular flexibility index (Phi) is 6.05. The number of para-hydroxylation sites is 1. The molecule has 2 amide bonds. The van der Waals surface area contributed by atoms with Gasteiger partial charge in [0.2, 0.25) is 0 Å². The highest BCUT2D eigenvalue weighted by molar-refractivity contribution is 5.96. The van der Waals surface area contributed by atoms with Crippen LogP contribution in [0, 0.1) is 0 Å². The SMILES string of the molecule is C=C(NC)C(=O)NCCN(c1ccccc1)c1nccnc1C(N)=O. The van der Waals surface area contributed by atoms with Crippen molar-refractivity contribution in [3.05, 3.63) is 60.7 Å². The number of rotatable bonds is 8. The van der Waals surface area contributed by atoms with E-state index in [0.29, 0.717) is 18.9 Å². The zero-order valence-corrected chi connectivity index (χ0v) is 13.9. The first-order valence-electron chi connectivity index (χ1n) is 7.63. The highest BCUT2D eigenvalue weighted by Crippen LogP contribution is 2.24. The van der Waals surface area contributed by atoms with E-state index in [9.17, 15) is 9.59 Å². The topological polar surface area (TPSA) is 113 Å². The van der Waals surface area contributed by atoms with Crippen LogP contribution in [0.5, 0.6) is 0 Å². The summed E-state index contributed by atoms with van der Waals surface area (Å²) < 4.78 is 0. The zero-order chi connectivity index (χ0) is 18.2. The Morgan fingerprint density at radius 2 is 1.88 bits per heavy atom. The summed E-state index contributed by atoms with van der Waals surface area (Å²) in [6, 6.07) is 9.35. The highest BCUT2D eigenvalue weighted by Gasteiger charge is 2.19. The van der Waals surface area contributed by atoms with Gasteiger partial charge in [0.05, 0.1) is 5.70 Å². The Morgan fingerprint density at radius 3 is 2.52 bits per heavy atom. The third-order valence-corrected chi connectivity index (χ3v) is 3.43. The summed E-state index contributed by atoms with van der Waals surface area (Å²) in [4.78, 5) is 33.5. The second-order valence-electron chi connectivity index (χ2n) is 5.06. The lowest BCUT2D eigenvalue weighted by atomic mass is 10.2. The van der Waals surface area contributed by atoms with Crippen molar-refractivity contribution < 1.29 is 9.59 Å². The van der Waals surface area contributed by atoms with Gasteiger partial charge in [-0.1, -0.05) is 24.8 Å². The lowest BCUT2D eigenvalue weighted by Crippen LogP contribution is -2.36. The van der Waals surface area contributed by atoms with Crippen molar-refractivity contribution in [2.75, 3.05) is 25.0 Å². The maximum atomic E-state index is 11.8. The van der Waals surface area contributed by atoms with Crippen molar-refractivity contribution in [1.82, 2.24) is 20.6 Å². The van der Waals surface area contributed by atoms with Gasteiger partial charge in [0.25, 0.3) is 11.8 Å². The monoisotopic (exact) mass is 340 g/mol. The minimum Gasteiger partial charge on any atom is -0.384 e. The lowest BCUT2D eigenvalue weighted by molar-refractivity contribution is -0.117. The number of carbonyl (C=O) groups excluding carboxylic acids is 2. The molecule has 2 aromatic rings. The molecule has 0 aliphatic rings. The van der Waals surface area contributed by atoms with E-state index < -0.39 is 5.91 Å². The molecule has 8 heteroatoms. The third kappa shape index (κ3) is 4.54. The minimum absolute atomic E-state index is 0.0670. The Bertz CT molecular complexity index is 763. The van der Waals surface area contributed by atoms with Crippen LogP contribution < -0.4 is 21.3 Å². The first kappa shape index (κ1) is 17.9. The number of hydrogen-bond donors (Lipinski definition) is 3. The molecule has 1 aromatic heterocycles. The summed E-state index contributed by atoms with van der Waals surface area (Å²) >= 11 is 0. The van der Waals surface area contributed by atoms with Gasteiger partial charge in [0.1, 0.15) is 0 Å². The number of nitrogens with two attached hydrogens (primary N) is 1. The molecule has 1 heterocycles. The van der Waals surface area contributed by atoms with E-state index in [4.69, 9.17) is 5.73 Å². The van der Waals surface area contributed by atoms with Crippen molar-refractivity contribution >= 4 is 23.3 Å². The van der Waals surface area contributed by atoms with Gasteiger partial charge in [-0.05, 0) is 12.1 Å². The Hall–Kier alpha value is -3.42. The number of amides is 2. The number of primary amides is 1. The summed E-state index contributed by atoms with van der Waals surface area (Å²) in [7, 11) is 1.62. The van der Waals surface area contributed by atoms with Gasteiger partial charge in [-0.2, -0.15) is 0 Å². The predicted octanol–water partition coefficient (Wildman–Crippen LogP) is 0.563. The van der Waals surface area contributed by atoms with Gasteiger partial charge < -0.3 is 21.3 Å². The summed E-state index contributed by atoms with van der Waals surface area (Å²) in [5, 5.41) is 5.43. The minimum atomic E-state index is -0.670. The average molecular weight is 340 g/mol. The van der Waals surface area contributed by atoms with E-state index in [1.54, 1.807) is 11.9 Å². The number of likely N-dealkylation sites (N-methyl/N-ethyl adjacent to an activating group) is 1. The molecule has 0 aliphatic carbocycles. The van der Waals surface area contributed by atoms with Crippen molar-refractivity contribution in [2.45, 2.75) is 0 Å². The molecule has 0 aliphatic heterocycles. The van der Waals surface area contributed by atoms with Crippen LogP contribution in [0.25, 0.3) is 0 Å². The standard InChI is InChI=1S/C17H20N6O2/c1-12(19-2)17(25)22-10-11-23(13-6-4-3-5-7-13)16-14(15(18)24)20-8-9-21-16/h3-9,19H,1,10-11H2,2H3,(H2,18,24)(H,22,25). The predicted molar refractivity (Wildman–Crippen MR) is 95.2 cm³/mol. The first-order chi connectivity index (χ1) is 12.0. The van der Waals surface area contributed by atoms with E-state index in [-0.39, 0.29) is 17.3 Å². The molecule has 8 nitrogen and oxygen atoms in total. The smallest absolute Gasteiger partial charge is 0.271 e. The zero-order valence-electron chi connectivity index (χ0n) is 13.9. The molecule has 0 saturated heterocycles. The molecule has 0 radical (unpaired) electrons. The fourth-order valence-corrected chi connectivity index (χ4v) is 2.17. The largest absolute Gasteiger partial charge is 0.384 e. The molecule has 130 valence electrons. The Balaban J connectivity index is 2.25. The molecule has 2 rings (SSSR count). The number of hydrogen-bond acceptors (Lipinski definition) is 6. The number of aromatic nitrogens is 2. The molecule has 1 aromatic carbocycles. The molecule has 0 fully saturated rings. The summed E-state index contributed by atoms with van der Waals surface area (Å²) in [6.45, 7) is 4.28. The lowest BCUT2D eigenvalue weighted by Gasteiger charge is -2.25. The van der Waals surface area contributed by atoms with E-state index in [0.717, 1.165) is 5.69 Å². The molecule has 0 atom stereocenters. The van der Waals surface area contributed by atoms with Gasteiger partial charge in [-0.25, -0.2) is 9.97 Å². The number of nitrogens with one attached hydrogen (secondary N) is 2. The van der Waals surface area contributed by atoms with Gasteiger partial charge in [0, 0.05) is 38.2 Å². The van der Waals surface area contributed by atoms with Gasteiger partial charge >= 0.3 is 0 Å². The summed E-state index contributed by atoms with van der Waals surface area (Å²) in [6.07, 6.45) is 2.89. The van der Waals surface area contributed by atoms with E-state index in [2.05, 4.69) is 27.2 Å². The van der Waals surface area contributed by atoms with E-state index in [1.165, 1.54) is 12.4 Å². The molecule has 0 spiro atoms. The molecule has 0 unspecified atom stereocenters. The van der Waals surface area contributed by atoms with E-state index in [1.807, 2.05) is 30.3 Å². The van der Waals surface area contributed by atoms with Crippen LogP contribution in [0.15, 0.2) is 55.0 Å². The number of anilines is 2. The van der Waals surface area contributed by atoms with Crippen LogP contribution in [0.2, 0.25) is 0 Å². The maximum absolute atomic E-state index is 11.8. The Morgan fingerprint density at radius 1 is 1.20 bits per heavy atom. The van der Waals surface area contributed by atoms with E-state index >= 15 is 0 Å². The molecule has 25 heavy (non-hydrogen) atoms. The number of benzene rings is 1. The molecular weight excluding hydrogens is 320 g/mol. The van der Waals surface area contributed by atoms with Crippen LogP contribution >= 0.6 is 0 Å². The second-order valence-corrected chi connectivity index (χ2v) is 5.06. The fourth-order valence-electron chi connectivity index (χ4n) is 2.17. The van der Waals surface area contributed by atoms with Crippen molar-refractivity contribution in [3.63, 3.8) is 0 Å². The molecular formula is C17H20N6O2. The Labute approximate surface area is 145 Å². The maximum Gasteiger partial charge on any atom is 0.271 e. The summed E-state index contributed by atoms with van der Waals surface area (Å²) in [5.74, 6) is -0.635. The molecule has 0 saturated carbocycles. The second kappa shape index (κ2) is 8.44. The van der Waals surface area contributed by atoms with Crippen molar-refractivity contribution in [2.24, 2.45) is 5.73 Å². The molecule has 0 bridgehead atoms. The van der Waals surface area contributed by atoms with Crippen molar-refractivity contribution in [1.29, 1.82) is 0 Å². The third-order valence-electron chi connectivity index (χ3n) is 3.43. The molecule has 4 N–H and O–H groups in total. The average Bonchev–Trinajstić information content (AvgIpc) is 2.65. The van der Waals surface area contributed by atoms with Crippen LogP contribution in [-0.2, 0) is 4.79 Å². The number of nitrogens with zero attached hydrogens (tertiary/aromatic N) is 3. The van der Waals surface area contributed by atoms with Crippen LogP contribution in [0.4, 0.5) is 11.5 Å². The van der Waals surface area contributed by atoms with Gasteiger partial charge in [-0.15, -0.1) is 0 Å². The first-order valence-corrected chi connectivity index (χ1v) is 7.63.